The Hall–Kier alpha value is -0.666. The fraction of sp³-hybridized carbons (Fsp3) is 0.571. The van der Waals surface area contributed by atoms with Gasteiger partial charge in [0.25, 0.3) is 0 Å². The molecule has 0 atom stereocenters. The molecule has 1 aromatic carbocycles. The molecule has 1 rings (SSSR count). The second-order valence-corrected chi connectivity index (χ2v) is 4.77. The van der Waals surface area contributed by atoms with Crippen molar-refractivity contribution in [2.45, 2.75) is 53.9 Å². The summed E-state index contributed by atoms with van der Waals surface area (Å²) in [6.45, 7) is 10.5. The van der Waals surface area contributed by atoms with Crippen LogP contribution in [0.5, 0.6) is 5.75 Å². The van der Waals surface area contributed by atoms with Gasteiger partial charge in [-0.3, -0.25) is 0 Å². The topological polar surface area (TPSA) is 54.4 Å². The zero-order chi connectivity index (χ0) is 14.3. The third kappa shape index (κ3) is 4.22. The first kappa shape index (κ1) is 17.3. The molecule has 0 saturated carbocycles. The van der Waals surface area contributed by atoms with Gasteiger partial charge in [-0.1, -0.05) is 13.3 Å². The average Bonchev–Trinajstić information content (AvgIpc) is 2.35. The van der Waals surface area contributed by atoms with Crippen LogP contribution in [0, 0.1) is 27.7 Å². The summed E-state index contributed by atoms with van der Waals surface area (Å²) in [4.78, 5) is 0. The van der Waals surface area contributed by atoms with Gasteiger partial charge in [0, 0.05) is 0 Å². The standard InChI is InChI=1S/C14H22O.2O.Ti/c1-6-7-8-13-11(4)9(2)10(3)12(5)14(13)15;;;/h15H,6-8H2,1-5H3;;;. The van der Waals surface area contributed by atoms with Crippen LogP contribution in [0.15, 0.2) is 0 Å². The zero-order valence-electron chi connectivity index (χ0n) is 11.9. The van der Waals surface area contributed by atoms with Crippen LogP contribution in [-0.2, 0) is 32.2 Å². The van der Waals surface area contributed by atoms with Crippen molar-refractivity contribution in [2.75, 3.05) is 0 Å². The molecule has 1 N–H and O–H groups in total. The number of phenols is 1. The molecule has 0 radical (unpaired) electrons. The van der Waals surface area contributed by atoms with E-state index in [1.54, 1.807) is 0 Å². The maximum absolute atomic E-state index is 10.1. The fourth-order valence-corrected chi connectivity index (χ4v) is 2.03. The monoisotopic (exact) mass is 286 g/mol. The van der Waals surface area contributed by atoms with Gasteiger partial charge >= 0.3 is 25.7 Å². The van der Waals surface area contributed by atoms with Gasteiger partial charge in [0.1, 0.15) is 5.75 Å². The van der Waals surface area contributed by atoms with E-state index in [0.29, 0.717) is 5.75 Å². The van der Waals surface area contributed by atoms with E-state index in [2.05, 4.69) is 27.7 Å². The van der Waals surface area contributed by atoms with Crippen molar-refractivity contribution in [1.82, 2.24) is 0 Å². The summed E-state index contributed by atoms with van der Waals surface area (Å²) in [5.74, 6) is 0.518. The summed E-state index contributed by atoms with van der Waals surface area (Å²) in [5, 5.41) is 10.1. The second-order valence-electron chi connectivity index (χ2n) is 4.51. The van der Waals surface area contributed by atoms with E-state index in [-0.39, 0.29) is 0 Å². The minimum absolute atomic E-state index is 0.518. The van der Waals surface area contributed by atoms with E-state index in [4.69, 9.17) is 6.65 Å². The predicted molar refractivity (Wildman–Crippen MR) is 67.0 cm³/mol. The Labute approximate surface area is 118 Å². The quantitative estimate of drug-likeness (QED) is 0.861. The van der Waals surface area contributed by atoms with Gasteiger partial charge in [0.05, 0.1) is 0 Å². The van der Waals surface area contributed by atoms with Crippen LogP contribution in [0.3, 0.4) is 0 Å². The number of phenolic OH excluding ortho intramolecular Hbond substituents is 1. The predicted octanol–water partition coefficient (Wildman–Crippen LogP) is 3.73. The Morgan fingerprint density at radius 3 is 1.83 bits per heavy atom. The normalized spacial score (nSPS) is 9.39. The number of unbranched alkanes of at least 4 members (excludes halogenated alkanes) is 1. The number of hydrogen-bond acceptors (Lipinski definition) is 3. The molecule has 4 heteroatoms. The summed E-state index contributed by atoms with van der Waals surface area (Å²) >= 11 is -2.00. The molecule has 0 unspecified atom stereocenters. The second kappa shape index (κ2) is 8.44. The molecule has 0 aromatic heterocycles. The van der Waals surface area contributed by atoms with Gasteiger partial charge in [-0.2, -0.15) is 0 Å². The molecule has 100 valence electrons. The first-order valence-corrected chi connectivity index (χ1v) is 7.47. The molecule has 0 fully saturated rings. The first-order valence-electron chi connectivity index (χ1n) is 6.19. The molecule has 18 heavy (non-hydrogen) atoms. The average molecular weight is 286 g/mol. The van der Waals surface area contributed by atoms with Crippen molar-refractivity contribution in [2.24, 2.45) is 0 Å². The van der Waals surface area contributed by atoms with E-state index in [9.17, 15) is 5.11 Å². The Morgan fingerprint density at radius 1 is 0.944 bits per heavy atom. The molecule has 3 nitrogen and oxygen atoms in total. The molecule has 0 aliphatic carbocycles. The first-order chi connectivity index (χ1) is 8.42. The third-order valence-electron chi connectivity index (χ3n) is 3.56. The van der Waals surface area contributed by atoms with Crippen LogP contribution < -0.4 is 0 Å². The van der Waals surface area contributed by atoms with E-state index in [1.807, 2.05) is 6.92 Å². The molecule has 0 heterocycles. The molecule has 0 bridgehead atoms. The van der Waals surface area contributed by atoms with E-state index < -0.39 is 19.1 Å². The van der Waals surface area contributed by atoms with Crippen LogP contribution in [-0.4, -0.2) is 5.11 Å². The van der Waals surface area contributed by atoms with Gasteiger partial charge in [-0.15, -0.1) is 0 Å². The van der Waals surface area contributed by atoms with Crippen LogP contribution in [0.2, 0.25) is 0 Å². The summed E-state index contributed by atoms with van der Waals surface area (Å²) in [6.07, 6.45) is 3.32. The SMILES string of the molecule is CCCCc1c(C)c(C)c(C)c(C)c1O.[O]=[Ti]=[O]. The van der Waals surface area contributed by atoms with Crippen LogP contribution in [0.25, 0.3) is 0 Å². The van der Waals surface area contributed by atoms with Gasteiger partial charge in [0.2, 0.25) is 0 Å². The zero-order valence-corrected chi connectivity index (χ0v) is 13.4. The van der Waals surface area contributed by atoms with Crippen LogP contribution >= 0.6 is 0 Å². The van der Waals surface area contributed by atoms with E-state index in [0.717, 1.165) is 24.0 Å². The van der Waals surface area contributed by atoms with Crippen LogP contribution in [0.4, 0.5) is 0 Å². The molecule has 0 spiro atoms. The van der Waals surface area contributed by atoms with Gasteiger partial charge in [-0.25, -0.2) is 0 Å². The molecular weight excluding hydrogens is 264 g/mol. The Balaban J connectivity index is 0.000000873. The van der Waals surface area contributed by atoms with Gasteiger partial charge in [0.15, 0.2) is 0 Å². The van der Waals surface area contributed by atoms with Crippen molar-refractivity contribution < 1.29 is 30.8 Å². The minimum atomic E-state index is -2.00. The molecular formula is C14H22O3Ti. The summed E-state index contributed by atoms with van der Waals surface area (Å²) in [5.41, 5.74) is 6.02. The Bertz CT molecular complexity index is 418. The maximum atomic E-state index is 10.1. The van der Waals surface area contributed by atoms with Crippen molar-refractivity contribution in [3.8, 4) is 5.75 Å². The number of benzene rings is 1. The van der Waals surface area contributed by atoms with Gasteiger partial charge in [-0.05, 0) is 68.4 Å². The van der Waals surface area contributed by atoms with E-state index in [1.165, 1.54) is 23.1 Å². The van der Waals surface area contributed by atoms with E-state index >= 15 is 0 Å². The summed E-state index contributed by atoms with van der Waals surface area (Å²) in [6, 6.07) is 0. The fourth-order valence-electron chi connectivity index (χ4n) is 2.03. The summed E-state index contributed by atoms with van der Waals surface area (Å²) in [7, 11) is 0. The molecule has 1 aromatic rings. The van der Waals surface area contributed by atoms with Crippen LogP contribution in [0.1, 0.15) is 47.6 Å². The molecule has 0 aliphatic heterocycles. The van der Waals surface area contributed by atoms with Crippen molar-refractivity contribution in [3.63, 3.8) is 0 Å². The number of aromatic hydroxyl groups is 1. The number of hydrogen-bond donors (Lipinski definition) is 1. The van der Waals surface area contributed by atoms with Gasteiger partial charge < -0.3 is 5.11 Å². The van der Waals surface area contributed by atoms with Crippen molar-refractivity contribution in [3.05, 3.63) is 27.8 Å². The van der Waals surface area contributed by atoms with Crippen molar-refractivity contribution in [1.29, 1.82) is 0 Å². The Kier molecular flexibility index (Phi) is 8.13. The van der Waals surface area contributed by atoms with Crippen molar-refractivity contribution >= 4 is 0 Å². The third-order valence-corrected chi connectivity index (χ3v) is 3.56. The Morgan fingerprint density at radius 2 is 1.39 bits per heavy atom. The summed E-state index contributed by atoms with van der Waals surface area (Å²) < 4.78 is 17.0. The molecule has 0 saturated heterocycles. The molecule has 0 amide bonds. The number of rotatable bonds is 3. The molecule has 0 aliphatic rings.